The molecule has 1 amide bonds. The summed E-state index contributed by atoms with van der Waals surface area (Å²) in [6.45, 7) is 2.75. The maximum absolute atomic E-state index is 12.4. The van der Waals surface area contributed by atoms with Crippen LogP contribution in [0.15, 0.2) is 58.6 Å². The van der Waals surface area contributed by atoms with Crippen molar-refractivity contribution >= 4 is 35.1 Å². The summed E-state index contributed by atoms with van der Waals surface area (Å²) in [6.07, 6.45) is 1.99. The van der Waals surface area contributed by atoms with Crippen molar-refractivity contribution in [1.82, 2.24) is 14.8 Å². The van der Waals surface area contributed by atoms with E-state index in [4.69, 9.17) is 4.74 Å². The number of aromatic nitrogens is 3. The number of para-hydroxylation sites is 1. The zero-order valence-electron chi connectivity index (χ0n) is 16.0. The highest BCUT2D eigenvalue weighted by Gasteiger charge is 2.15. The smallest absolute Gasteiger partial charge is 0.234 e. The van der Waals surface area contributed by atoms with Crippen LogP contribution in [-0.2, 0) is 11.3 Å². The quantitative estimate of drug-likeness (QED) is 0.550. The first-order valence-electron chi connectivity index (χ1n) is 8.79. The molecule has 1 N–H and O–H groups in total. The number of nitrogens with zero attached hydrogens (tertiary/aromatic N) is 3. The molecule has 0 fully saturated rings. The van der Waals surface area contributed by atoms with Crippen molar-refractivity contribution in [2.75, 3.05) is 24.4 Å². The minimum absolute atomic E-state index is 0.0665. The van der Waals surface area contributed by atoms with Gasteiger partial charge >= 0.3 is 0 Å². The molecule has 0 aliphatic heterocycles. The van der Waals surface area contributed by atoms with Crippen LogP contribution in [-0.4, -0.2) is 39.8 Å². The fraction of sp³-hybridized carbons (Fsp3) is 0.250. The van der Waals surface area contributed by atoms with Crippen molar-refractivity contribution < 1.29 is 9.53 Å². The molecule has 3 aromatic rings. The molecule has 0 aliphatic carbocycles. The largest absolute Gasteiger partial charge is 0.497 e. The van der Waals surface area contributed by atoms with Crippen LogP contribution >= 0.6 is 23.5 Å². The molecule has 146 valence electrons. The zero-order chi connectivity index (χ0) is 19.9. The minimum atomic E-state index is -0.0665. The number of ether oxygens (including phenoxy) is 1. The number of methoxy groups -OCH3 is 1. The summed E-state index contributed by atoms with van der Waals surface area (Å²) in [4.78, 5) is 13.4. The number of carbonyl (C=O) groups is 1. The second kappa shape index (κ2) is 9.66. The number of carbonyl (C=O) groups excluding carboxylic acids is 1. The molecular weight excluding hydrogens is 392 g/mol. The summed E-state index contributed by atoms with van der Waals surface area (Å²) in [5.41, 5.74) is 1.79. The van der Waals surface area contributed by atoms with Gasteiger partial charge < -0.3 is 14.6 Å². The number of anilines is 1. The summed E-state index contributed by atoms with van der Waals surface area (Å²) < 4.78 is 7.21. The number of benzene rings is 2. The predicted octanol–water partition coefficient (Wildman–Crippen LogP) is 4.43. The lowest BCUT2D eigenvalue weighted by atomic mass is 10.2. The Bertz CT molecular complexity index is 942. The number of thioether (sulfide) groups is 2. The maximum Gasteiger partial charge on any atom is 0.234 e. The zero-order valence-corrected chi connectivity index (χ0v) is 17.6. The maximum atomic E-state index is 12.4. The van der Waals surface area contributed by atoms with Crippen LogP contribution in [0.2, 0.25) is 0 Å². The molecule has 0 saturated heterocycles. The van der Waals surface area contributed by atoms with Crippen molar-refractivity contribution in [3.8, 4) is 17.1 Å². The first kappa shape index (κ1) is 20.3. The van der Waals surface area contributed by atoms with E-state index in [1.807, 2.05) is 66.3 Å². The van der Waals surface area contributed by atoms with Crippen LogP contribution in [0.25, 0.3) is 11.4 Å². The average Bonchev–Trinajstić information content (AvgIpc) is 3.15. The standard InChI is InChI=1S/C20H22N4O2S2/c1-4-24-19(14-9-11-15(26-2)12-10-14)22-23-20(24)28-13-18(25)21-16-7-5-6-8-17(16)27-3/h5-12H,4,13H2,1-3H3,(H,21,25). The van der Waals surface area contributed by atoms with E-state index in [2.05, 4.69) is 15.5 Å². The molecule has 0 atom stereocenters. The number of hydrogen-bond donors (Lipinski definition) is 1. The van der Waals surface area contributed by atoms with E-state index >= 15 is 0 Å². The van der Waals surface area contributed by atoms with Gasteiger partial charge in [-0.05, 0) is 49.6 Å². The van der Waals surface area contributed by atoms with Gasteiger partial charge in [-0.25, -0.2) is 0 Å². The fourth-order valence-electron chi connectivity index (χ4n) is 2.70. The van der Waals surface area contributed by atoms with Crippen LogP contribution < -0.4 is 10.1 Å². The van der Waals surface area contributed by atoms with Crippen LogP contribution in [0.5, 0.6) is 5.75 Å². The highest BCUT2D eigenvalue weighted by atomic mass is 32.2. The highest BCUT2D eigenvalue weighted by molar-refractivity contribution is 7.99. The van der Waals surface area contributed by atoms with Gasteiger partial charge in [0.1, 0.15) is 5.75 Å². The Hall–Kier alpha value is -2.45. The second-order valence-electron chi connectivity index (χ2n) is 5.82. The number of rotatable bonds is 8. The van der Waals surface area contributed by atoms with E-state index in [0.717, 1.165) is 32.9 Å². The third-order valence-corrected chi connectivity index (χ3v) is 5.86. The van der Waals surface area contributed by atoms with Crippen molar-refractivity contribution in [3.63, 3.8) is 0 Å². The Balaban J connectivity index is 1.69. The summed E-state index contributed by atoms with van der Waals surface area (Å²) in [5, 5.41) is 12.3. The Labute approximate surface area is 173 Å². The van der Waals surface area contributed by atoms with Crippen LogP contribution in [0.4, 0.5) is 5.69 Å². The molecule has 0 radical (unpaired) electrons. The minimum Gasteiger partial charge on any atom is -0.497 e. The molecule has 0 aliphatic rings. The Morgan fingerprint density at radius 2 is 1.89 bits per heavy atom. The Morgan fingerprint density at radius 1 is 1.14 bits per heavy atom. The lowest BCUT2D eigenvalue weighted by molar-refractivity contribution is -0.113. The molecule has 3 rings (SSSR count). The van der Waals surface area contributed by atoms with Crippen molar-refractivity contribution in [2.45, 2.75) is 23.5 Å². The molecule has 0 spiro atoms. The van der Waals surface area contributed by atoms with E-state index in [-0.39, 0.29) is 11.7 Å². The lowest BCUT2D eigenvalue weighted by Crippen LogP contribution is -2.15. The van der Waals surface area contributed by atoms with E-state index in [9.17, 15) is 4.79 Å². The average molecular weight is 415 g/mol. The summed E-state index contributed by atoms with van der Waals surface area (Å²) >= 11 is 2.99. The Morgan fingerprint density at radius 3 is 2.57 bits per heavy atom. The molecular formula is C20H22N4O2S2. The van der Waals surface area contributed by atoms with Crippen molar-refractivity contribution in [3.05, 3.63) is 48.5 Å². The van der Waals surface area contributed by atoms with Crippen molar-refractivity contribution in [1.29, 1.82) is 0 Å². The van der Waals surface area contributed by atoms with Gasteiger partial charge in [0.25, 0.3) is 0 Å². The molecule has 0 unspecified atom stereocenters. The van der Waals surface area contributed by atoms with Gasteiger partial charge in [-0.1, -0.05) is 23.9 Å². The van der Waals surface area contributed by atoms with Gasteiger partial charge in [0.2, 0.25) is 5.91 Å². The number of hydrogen-bond acceptors (Lipinski definition) is 6. The normalized spacial score (nSPS) is 10.7. The van der Waals surface area contributed by atoms with E-state index in [1.165, 1.54) is 11.8 Å². The second-order valence-corrected chi connectivity index (χ2v) is 7.61. The van der Waals surface area contributed by atoms with Crippen LogP contribution in [0, 0.1) is 0 Å². The fourth-order valence-corrected chi connectivity index (χ4v) is 4.05. The molecule has 8 heteroatoms. The lowest BCUT2D eigenvalue weighted by Gasteiger charge is -2.10. The molecule has 0 bridgehead atoms. The van der Waals surface area contributed by atoms with Crippen LogP contribution in [0.1, 0.15) is 6.92 Å². The van der Waals surface area contributed by atoms with Crippen molar-refractivity contribution in [2.24, 2.45) is 0 Å². The Kier molecular flexibility index (Phi) is 7.00. The molecule has 1 aromatic heterocycles. The molecule has 0 saturated carbocycles. The van der Waals surface area contributed by atoms with E-state index < -0.39 is 0 Å². The molecule has 28 heavy (non-hydrogen) atoms. The van der Waals surface area contributed by atoms with Gasteiger partial charge in [-0.15, -0.1) is 22.0 Å². The molecule has 2 aromatic carbocycles. The number of nitrogens with one attached hydrogen (secondary N) is 1. The molecule has 6 nitrogen and oxygen atoms in total. The third kappa shape index (κ3) is 4.69. The topological polar surface area (TPSA) is 69.0 Å². The van der Waals surface area contributed by atoms with Gasteiger partial charge in [0, 0.05) is 17.0 Å². The van der Waals surface area contributed by atoms with Gasteiger partial charge in [-0.2, -0.15) is 0 Å². The predicted molar refractivity (Wildman–Crippen MR) is 115 cm³/mol. The summed E-state index contributed by atoms with van der Waals surface area (Å²) in [6, 6.07) is 15.5. The van der Waals surface area contributed by atoms with Gasteiger partial charge in [0.15, 0.2) is 11.0 Å². The summed E-state index contributed by atoms with van der Waals surface area (Å²) in [5.74, 6) is 1.77. The summed E-state index contributed by atoms with van der Waals surface area (Å²) in [7, 11) is 1.64. The van der Waals surface area contributed by atoms with Gasteiger partial charge in [-0.3, -0.25) is 4.79 Å². The highest BCUT2D eigenvalue weighted by Crippen LogP contribution is 2.27. The SMILES string of the molecule is CCn1c(SCC(=O)Nc2ccccc2SC)nnc1-c1ccc(OC)cc1. The first-order chi connectivity index (χ1) is 13.7. The first-order valence-corrected chi connectivity index (χ1v) is 11.0. The van der Waals surface area contributed by atoms with Gasteiger partial charge in [0.05, 0.1) is 18.6 Å². The molecule has 1 heterocycles. The number of amides is 1. The monoisotopic (exact) mass is 414 g/mol. The van der Waals surface area contributed by atoms with Crippen LogP contribution in [0.3, 0.4) is 0 Å². The van der Waals surface area contributed by atoms with E-state index in [0.29, 0.717) is 6.54 Å². The van der Waals surface area contributed by atoms with E-state index in [1.54, 1.807) is 18.9 Å². The third-order valence-electron chi connectivity index (χ3n) is 4.09.